The van der Waals surface area contributed by atoms with Crippen molar-refractivity contribution in [2.75, 3.05) is 6.61 Å². The van der Waals surface area contributed by atoms with E-state index in [1.54, 1.807) is 0 Å². The van der Waals surface area contributed by atoms with Gasteiger partial charge in [-0.05, 0) is 42.7 Å². The van der Waals surface area contributed by atoms with Gasteiger partial charge in [0.1, 0.15) is 0 Å². The summed E-state index contributed by atoms with van der Waals surface area (Å²) in [6, 6.07) is 8.50. The molecule has 0 saturated heterocycles. The van der Waals surface area contributed by atoms with Crippen molar-refractivity contribution < 1.29 is 9.84 Å². The van der Waals surface area contributed by atoms with E-state index in [1.807, 2.05) is 0 Å². The van der Waals surface area contributed by atoms with E-state index in [0.717, 1.165) is 38.7 Å². The molecule has 0 bridgehead atoms. The predicted molar refractivity (Wildman–Crippen MR) is 71.4 cm³/mol. The van der Waals surface area contributed by atoms with Gasteiger partial charge >= 0.3 is 0 Å². The smallest absolute Gasteiger partial charge is 0.0855 e. The van der Waals surface area contributed by atoms with E-state index in [-0.39, 0.29) is 6.10 Å². The fourth-order valence-electron chi connectivity index (χ4n) is 3.54. The van der Waals surface area contributed by atoms with E-state index < -0.39 is 5.60 Å². The lowest BCUT2D eigenvalue weighted by molar-refractivity contribution is -0.0440. The lowest BCUT2D eigenvalue weighted by atomic mass is 9.87. The minimum absolute atomic E-state index is 0.0882. The van der Waals surface area contributed by atoms with E-state index in [4.69, 9.17) is 4.74 Å². The SMILES string of the molecule is CC1CCC(O)(CC2OCCc3ccccc32)C1. The summed E-state index contributed by atoms with van der Waals surface area (Å²) in [4.78, 5) is 0. The van der Waals surface area contributed by atoms with Crippen molar-refractivity contribution in [2.24, 2.45) is 5.92 Å². The largest absolute Gasteiger partial charge is 0.390 e. The summed E-state index contributed by atoms with van der Waals surface area (Å²) in [7, 11) is 0. The molecule has 1 fully saturated rings. The zero-order valence-electron chi connectivity index (χ0n) is 11.1. The predicted octanol–water partition coefficient (Wildman–Crippen LogP) is 3.24. The van der Waals surface area contributed by atoms with Crippen molar-refractivity contribution in [3.63, 3.8) is 0 Å². The first kappa shape index (κ1) is 12.2. The second-order valence-corrected chi connectivity index (χ2v) is 6.08. The molecular weight excluding hydrogens is 224 g/mol. The second-order valence-electron chi connectivity index (χ2n) is 6.08. The van der Waals surface area contributed by atoms with Gasteiger partial charge in [-0.15, -0.1) is 0 Å². The maximum absolute atomic E-state index is 10.7. The van der Waals surface area contributed by atoms with Crippen molar-refractivity contribution in [2.45, 2.75) is 50.7 Å². The molecule has 0 amide bonds. The van der Waals surface area contributed by atoms with Crippen molar-refractivity contribution in [3.8, 4) is 0 Å². The summed E-state index contributed by atoms with van der Waals surface area (Å²) in [5, 5.41) is 10.7. The summed E-state index contributed by atoms with van der Waals surface area (Å²) in [5.41, 5.74) is 2.18. The van der Waals surface area contributed by atoms with Crippen LogP contribution in [0.3, 0.4) is 0 Å². The van der Waals surface area contributed by atoms with E-state index in [1.165, 1.54) is 11.1 Å². The molecule has 0 spiro atoms. The molecule has 0 radical (unpaired) electrons. The summed E-state index contributed by atoms with van der Waals surface area (Å²) < 4.78 is 5.91. The van der Waals surface area contributed by atoms with Crippen molar-refractivity contribution in [3.05, 3.63) is 35.4 Å². The highest BCUT2D eigenvalue weighted by atomic mass is 16.5. The molecule has 1 saturated carbocycles. The highest BCUT2D eigenvalue weighted by Crippen LogP contribution is 2.42. The van der Waals surface area contributed by atoms with Crippen LogP contribution in [0.1, 0.15) is 49.8 Å². The summed E-state index contributed by atoms with van der Waals surface area (Å²) in [6.45, 7) is 3.01. The van der Waals surface area contributed by atoms with Crippen molar-refractivity contribution in [1.82, 2.24) is 0 Å². The zero-order chi connectivity index (χ0) is 12.6. The molecule has 3 atom stereocenters. The monoisotopic (exact) mass is 246 g/mol. The van der Waals surface area contributed by atoms with Gasteiger partial charge in [0.05, 0.1) is 18.3 Å². The Morgan fingerprint density at radius 2 is 2.22 bits per heavy atom. The van der Waals surface area contributed by atoms with Crippen LogP contribution < -0.4 is 0 Å². The quantitative estimate of drug-likeness (QED) is 0.868. The molecule has 98 valence electrons. The van der Waals surface area contributed by atoms with Crippen LogP contribution in [0.25, 0.3) is 0 Å². The fourth-order valence-corrected chi connectivity index (χ4v) is 3.54. The number of fused-ring (bicyclic) bond motifs is 1. The van der Waals surface area contributed by atoms with Crippen LogP contribution in [0.4, 0.5) is 0 Å². The Labute approximate surface area is 109 Å². The number of hydrogen-bond donors (Lipinski definition) is 1. The van der Waals surface area contributed by atoms with Crippen molar-refractivity contribution >= 4 is 0 Å². The first-order valence-corrected chi connectivity index (χ1v) is 7.08. The molecule has 1 aromatic rings. The third-order valence-electron chi connectivity index (χ3n) is 4.49. The van der Waals surface area contributed by atoms with Gasteiger partial charge in [0.25, 0.3) is 0 Å². The summed E-state index contributed by atoms with van der Waals surface area (Å²) >= 11 is 0. The van der Waals surface area contributed by atoms with E-state index in [9.17, 15) is 5.11 Å². The van der Waals surface area contributed by atoms with Gasteiger partial charge in [-0.3, -0.25) is 0 Å². The molecule has 0 aromatic heterocycles. The van der Waals surface area contributed by atoms with Crippen LogP contribution in [0, 0.1) is 5.92 Å². The van der Waals surface area contributed by atoms with Crippen LogP contribution in [0.2, 0.25) is 0 Å². The molecule has 2 nitrogen and oxygen atoms in total. The molecule has 18 heavy (non-hydrogen) atoms. The fraction of sp³-hybridized carbons (Fsp3) is 0.625. The van der Waals surface area contributed by atoms with Gasteiger partial charge in [0, 0.05) is 6.42 Å². The van der Waals surface area contributed by atoms with Crippen LogP contribution in [-0.4, -0.2) is 17.3 Å². The lowest BCUT2D eigenvalue weighted by Gasteiger charge is -2.32. The Hall–Kier alpha value is -0.860. The van der Waals surface area contributed by atoms with E-state index in [2.05, 4.69) is 31.2 Å². The lowest BCUT2D eigenvalue weighted by Crippen LogP contribution is -2.30. The van der Waals surface area contributed by atoms with Gasteiger partial charge in [0.15, 0.2) is 0 Å². The highest BCUT2D eigenvalue weighted by Gasteiger charge is 2.38. The Balaban J connectivity index is 1.78. The van der Waals surface area contributed by atoms with Crippen LogP contribution in [-0.2, 0) is 11.2 Å². The molecule has 1 aromatic carbocycles. The third-order valence-corrected chi connectivity index (χ3v) is 4.49. The molecule has 1 heterocycles. The first-order chi connectivity index (χ1) is 8.66. The Morgan fingerprint density at radius 3 is 3.00 bits per heavy atom. The maximum atomic E-state index is 10.7. The number of aliphatic hydroxyl groups is 1. The second kappa shape index (κ2) is 4.67. The molecular formula is C16H22O2. The average Bonchev–Trinajstić information content (AvgIpc) is 2.70. The molecule has 2 heteroatoms. The third kappa shape index (κ3) is 2.32. The van der Waals surface area contributed by atoms with E-state index >= 15 is 0 Å². The topological polar surface area (TPSA) is 29.5 Å². The normalized spacial score (nSPS) is 35.4. The summed E-state index contributed by atoms with van der Waals surface area (Å²) in [6.07, 6.45) is 4.84. The van der Waals surface area contributed by atoms with Gasteiger partial charge in [-0.1, -0.05) is 31.2 Å². The standard InChI is InChI=1S/C16H22O2/c1-12-6-8-16(17,10-12)11-15-14-5-3-2-4-13(14)7-9-18-15/h2-5,12,15,17H,6-11H2,1H3. The van der Waals surface area contributed by atoms with Crippen LogP contribution >= 0.6 is 0 Å². The Morgan fingerprint density at radius 1 is 1.39 bits per heavy atom. The Kier molecular flexibility index (Phi) is 3.16. The van der Waals surface area contributed by atoms with Crippen LogP contribution in [0.15, 0.2) is 24.3 Å². The molecule has 1 aliphatic carbocycles. The van der Waals surface area contributed by atoms with Crippen molar-refractivity contribution in [1.29, 1.82) is 0 Å². The van der Waals surface area contributed by atoms with Gasteiger partial charge in [0.2, 0.25) is 0 Å². The first-order valence-electron chi connectivity index (χ1n) is 7.08. The molecule has 2 aliphatic rings. The maximum Gasteiger partial charge on any atom is 0.0855 e. The minimum Gasteiger partial charge on any atom is -0.390 e. The number of rotatable bonds is 2. The number of hydrogen-bond acceptors (Lipinski definition) is 2. The minimum atomic E-state index is -0.505. The number of benzene rings is 1. The van der Waals surface area contributed by atoms with Gasteiger partial charge in [-0.25, -0.2) is 0 Å². The molecule has 3 rings (SSSR count). The zero-order valence-corrected chi connectivity index (χ0v) is 11.1. The molecule has 3 unspecified atom stereocenters. The highest BCUT2D eigenvalue weighted by molar-refractivity contribution is 5.31. The van der Waals surface area contributed by atoms with Crippen LogP contribution in [0.5, 0.6) is 0 Å². The van der Waals surface area contributed by atoms with Gasteiger partial charge < -0.3 is 9.84 Å². The Bertz CT molecular complexity index is 429. The molecule has 1 aliphatic heterocycles. The molecule has 1 N–H and O–H groups in total. The van der Waals surface area contributed by atoms with E-state index in [0.29, 0.717) is 5.92 Å². The van der Waals surface area contributed by atoms with Gasteiger partial charge in [-0.2, -0.15) is 0 Å². The number of ether oxygens (including phenoxy) is 1. The summed E-state index contributed by atoms with van der Waals surface area (Å²) in [5.74, 6) is 0.647. The average molecular weight is 246 g/mol.